The van der Waals surface area contributed by atoms with Gasteiger partial charge in [-0.3, -0.25) is 37.3 Å². The highest BCUT2D eigenvalue weighted by atomic mass is 31.2. The molecule has 0 aromatic carbocycles. The Morgan fingerprint density at radius 2 is 0.481 bits per heavy atom. The van der Waals surface area contributed by atoms with Gasteiger partial charge in [-0.1, -0.05) is 414 Å². The van der Waals surface area contributed by atoms with Crippen LogP contribution in [0.4, 0.5) is 0 Å². The molecule has 0 spiro atoms. The van der Waals surface area contributed by atoms with Crippen LogP contribution in [-0.2, 0) is 65.4 Å². The summed E-state index contributed by atoms with van der Waals surface area (Å²) in [7, 11) is -9.92. The summed E-state index contributed by atoms with van der Waals surface area (Å²) in [6.45, 7) is 9.65. The number of carbonyl (C=O) groups is 4. The van der Waals surface area contributed by atoms with Crippen LogP contribution in [0.2, 0.25) is 0 Å². The second-order valence-corrected chi connectivity index (χ2v) is 34.9. The summed E-state index contributed by atoms with van der Waals surface area (Å²) in [5.74, 6) is -0.554. The van der Waals surface area contributed by atoms with Crippen molar-refractivity contribution in [2.24, 2.45) is 11.8 Å². The third kappa shape index (κ3) is 78.7. The van der Waals surface area contributed by atoms with E-state index in [1.165, 1.54) is 276 Å². The highest BCUT2D eigenvalue weighted by Crippen LogP contribution is 2.45. The summed E-state index contributed by atoms with van der Waals surface area (Å²) >= 11 is 0. The summed E-state index contributed by atoms with van der Waals surface area (Å²) in [5, 5.41) is 10.7. The Morgan fingerprint density at radius 1 is 0.274 bits per heavy atom. The highest BCUT2D eigenvalue weighted by molar-refractivity contribution is 7.47. The van der Waals surface area contributed by atoms with Gasteiger partial charge in [0, 0.05) is 25.7 Å². The largest absolute Gasteiger partial charge is 0.472 e. The van der Waals surface area contributed by atoms with Crippen molar-refractivity contribution in [1.29, 1.82) is 0 Å². The molecule has 106 heavy (non-hydrogen) atoms. The fraction of sp³-hybridized carbons (Fsp3) is 0.954. The van der Waals surface area contributed by atoms with Gasteiger partial charge in [0.05, 0.1) is 26.4 Å². The number of esters is 4. The topological polar surface area (TPSA) is 237 Å². The number of hydrogen-bond acceptors (Lipinski definition) is 15. The molecule has 3 unspecified atom stereocenters. The van der Waals surface area contributed by atoms with Crippen LogP contribution < -0.4 is 0 Å². The molecule has 0 aliphatic carbocycles. The lowest BCUT2D eigenvalue weighted by Gasteiger charge is -2.21. The minimum Gasteiger partial charge on any atom is -0.462 e. The zero-order valence-corrected chi connectivity index (χ0v) is 71.5. The Hall–Kier alpha value is -1.94. The average molecular weight is 1550 g/mol. The first-order valence-corrected chi connectivity index (χ1v) is 48.0. The number of phosphoric ester groups is 2. The Bertz CT molecular complexity index is 2030. The van der Waals surface area contributed by atoms with Gasteiger partial charge in [-0.2, -0.15) is 0 Å². The van der Waals surface area contributed by atoms with E-state index in [-0.39, 0.29) is 25.7 Å². The van der Waals surface area contributed by atoms with E-state index in [1.807, 2.05) is 0 Å². The molecule has 19 heteroatoms. The first-order chi connectivity index (χ1) is 51.4. The summed E-state index contributed by atoms with van der Waals surface area (Å²) in [4.78, 5) is 73.1. The Morgan fingerprint density at radius 3 is 0.717 bits per heavy atom. The predicted molar refractivity (Wildman–Crippen MR) is 437 cm³/mol. The van der Waals surface area contributed by atoms with Gasteiger partial charge in [0.15, 0.2) is 12.2 Å². The maximum absolute atomic E-state index is 13.2. The van der Waals surface area contributed by atoms with E-state index in [0.29, 0.717) is 31.6 Å². The SMILES string of the molecule is CCCCCCCCCCCCCCCCCCCCCCCCC(=O)OC[C@H](COP(=O)(O)OC[C@@H](O)COP(=O)(O)OC[C@@H](COC(=O)CCCCCCCCC(C)C)OC(=O)CCCCCCCCCCCCCCC)OC(=O)CCCCCCCCCCCCCCCCCCCCC(C)CC. The molecule has 0 heterocycles. The molecule has 0 radical (unpaired) electrons. The molecule has 3 N–H and O–H groups in total. The van der Waals surface area contributed by atoms with Gasteiger partial charge in [-0.25, -0.2) is 9.13 Å². The molecule has 630 valence electrons. The fourth-order valence-corrected chi connectivity index (χ4v) is 15.1. The van der Waals surface area contributed by atoms with E-state index in [9.17, 15) is 43.2 Å². The standard InChI is InChI=1S/C87H170O17P2/c1-7-10-12-14-16-18-20-22-23-24-25-26-27-28-32-35-39-42-46-50-57-63-69-84(89)97-75-82(103-86(91)72-66-60-52-48-44-40-36-33-30-29-31-34-38-41-45-49-56-62-68-80(6)9-3)77-101-105(93,94)99-73-81(88)74-100-106(95,96)102-78-83(76-98-85(90)70-64-58-54-53-55-61-67-79(4)5)104-87(92)71-65-59-51-47-43-37-21-19-17-15-13-11-8-2/h79-83,88H,7-78H2,1-6H3,(H,93,94)(H,95,96)/t80?,81-,82-,83-/m1/s1. The quantitative estimate of drug-likeness (QED) is 0.0222. The Kier molecular flexibility index (Phi) is 76.9. The monoisotopic (exact) mass is 1550 g/mol. The number of hydrogen-bond donors (Lipinski definition) is 3. The van der Waals surface area contributed by atoms with Crippen LogP contribution >= 0.6 is 15.6 Å². The molecule has 0 bridgehead atoms. The van der Waals surface area contributed by atoms with Gasteiger partial charge in [0.1, 0.15) is 19.3 Å². The molecular formula is C87H170O17P2. The third-order valence-electron chi connectivity index (χ3n) is 20.8. The highest BCUT2D eigenvalue weighted by Gasteiger charge is 2.30. The summed E-state index contributed by atoms with van der Waals surface area (Å²) in [6.07, 6.45) is 71.2. The number of aliphatic hydroxyl groups is 1. The van der Waals surface area contributed by atoms with Gasteiger partial charge in [-0.15, -0.1) is 0 Å². The molecule has 0 rings (SSSR count). The lowest BCUT2D eigenvalue weighted by Crippen LogP contribution is -2.30. The van der Waals surface area contributed by atoms with Crippen LogP contribution in [0.5, 0.6) is 0 Å². The minimum atomic E-state index is -4.97. The fourth-order valence-electron chi connectivity index (χ4n) is 13.6. The summed E-state index contributed by atoms with van der Waals surface area (Å²) in [6, 6.07) is 0. The number of carbonyl (C=O) groups excluding carboxylic acids is 4. The van der Waals surface area contributed by atoms with Gasteiger partial charge < -0.3 is 33.8 Å². The van der Waals surface area contributed by atoms with Gasteiger partial charge in [0.2, 0.25) is 0 Å². The van der Waals surface area contributed by atoms with Crippen LogP contribution in [0.15, 0.2) is 0 Å². The van der Waals surface area contributed by atoms with E-state index < -0.39 is 97.5 Å². The zero-order chi connectivity index (χ0) is 77.8. The normalized spacial score (nSPS) is 14.1. The molecule has 0 amide bonds. The van der Waals surface area contributed by atoms with Gasteiger partial charge in [-0.05, 0) is 37.5 Å². The molecule has 0 aromatic heterocycles. The van der Waals surface area contributed by atoms with E-state index in [2.05, 4.69) is 41.5 Å². The van der Waals surface area contributed by atoms with Crippen LogP contribution in [0.1, 0.15) is 465 Å². The number of unbranched alkanes of at least 4 members (excludes halogenated alkanes) is 55. The first kappa shape index (κ1) is 104. The van der Waals surface area contributed by atoms with Crippen molar-refractivity contribution in [3.8, 4) is 0 Å². The molecule has 0 aliphatic rings. The smallest absolute Gasteiger partial charge is 0.462 e. The van der Waals surface area contributed by atoms with E-state index in [4.69, 9.17) is 37.0 Å². The molecule has 0 aromatic rings. The molecule has 0 saturated heterocycles. The molecule has 0 aliphatic heterocycles. The second kappa shape index (κ2) is 78.3. The van der Waals surface area contributed by atoms with Crippen LogP contribution in [0.25, 0.3) is 0 Å². The first-order valence-electron chi connectivity index (χ1n) is 45.0. The lowest BCUT2D eigenvalue weighted by molar-refractivity contribution is -0.161. The second-order valence-electron chi connectivity index (χ2n) is 32.0. The average Bonchev–Trinajstić information content (AvgIpc) is 0.902. The predicted octanol–water partition coefficient (Wildman–Crippen LogP) is 26.6. The number of phosphoric acid groups is 2. The van der Waals surface area contributed by atoms with Crippen molar-refractivity contribution in [2.75, 3.05) is 39.6 Å². The van der Waals surface area contributed by atoms with Crippen molar-refractivity contribution in [1.82, 2.24) is 0 Å². The zero-order valence-electron chi connectivity index (χ0n) is 69.7. The maximum Gasteiger partial charge on any atom is 0.472 e. The van der Waals surface area contributed by atoms with Crippen LogP contribution in [-0.4, -0.2) is 96.7 Å². The van der Waals surface area contributed by atoms with Crippen LogP contribution in [0, 0.1) is 11.8 Å². The number of rotatable bonds is 86. The van der Waals surface area contributed by atoms with E-state index >= 15 is 0 Å². The van der Waals surface area contributed by atoms with Crippen molar-refractivity contribution < 1.29 is 80.2 Å². The van der Waals surface area contributed by atoms with Crippen molar-refractivity contribution >= 4 is 39.5 Å². The summed E-state index contributed by atoms with van der Waals surface area (Å²) < 4.78 is 68.8. The minimum absolute atomic E-state index is 0.107. The van der Waals surface area contributed by atoms with E-state index in [1.54, 1.807) is 0 Å². The molecule has 0 fully saturated rings. The van der Waals surface area contributed by atoms with Crippen molar-refractivity contribution in [3.63, 3.8) is 0 Å². The molecule has 6 atom stereocenters. The van der Waals surface area contributed by atoms with Crippen molar-refractivity contribution in [3.05, 3.63) is 0 Å². The Balaban J connectivity index is 5.18. The Labute approximate surface area is 651 Å². The van der Waals surface area contributed by atoms with E-state index in [0.717, 1.165) is 102 Å². The number of aliphatic hydroxyl groups excluding tert-OH is 1. The molecular weight excluding hydrogens is 1380 g/mol. The van der Waals surface area contributed by atoms with Crippen molar-refractivity contribution in [2.45, 2.75) is 484 Å². The maximum atomic E-state index is 13.2. The number of ether oxygens (including phenoxy) is 4. The lowest BCUT2D eigenvalue weighted by atomic mass is 9.99. The molecule has 0 saturated carbocycles. The van der Waals surface area contributed by atoms with Gasteiger partial charge in [0.25, 0.3) is 0 Å². The van der Waals surface area contributed by atoms with Crippen LogP contribution in [0.3, 0.4) is 0 Å². The summed E-state index contributed by atoms with van der Waals surface area (Å²) in [5.41, 5.74) is 0. The van der Waals surface area contributed by atoms with Gasteiger partial charge >= 0.3 is 39.5 Å². The molecule has 17 nitrogen and oxygen atoms in total. The third-order valence-corrected chi connectivity index (χ3v) is 22.7.